The number of morpholine rings is 1. The van der Waals surface area contributed by atoms with Crippen LogP contribution < -0.4 is 11.1 Å². The summed E-state index contributed by atoms with van der Waals surface area (Å²) < 4.78 is 10.0. The topological polar surface area (TPSA) is 93.9 Å². The summed E-state index contributed by atoms with van der Waals surface area (Å²) in [5.74, 6) is -0.514. The first-order chi connectivity index (χ1) is 7.70. The molecule has 1 fully saturated rings. The third kappa shape index (κ3) is 4.94. The first-order valence-corrected chi connectivity index (χ1v) is 5.16. The van der Waals surface area contributed by atoms with Crippen molar-refractivity contribution >= 4 is 11.9 Å². The molecule has 7 nitrogen and oxygen atoms in total. The van der Waals surface area contributed by atoms with Crippen molar-refractivity contribution in [3.05, 3.63) is 0 Å². The molecule has 1 heterocycles. The van der Waals surface area contributed by atoms with E-state index in [2.05, 4.69) is 5.32 Å². The van der Waals surface area contributed by atoms with E-state index in [1.807, 2.05) is 0 Å². The second-order valence-corrected chi connectivity index (χ2v) is 3.35. The Balaban J connectivity index is 2.03. The first-order valence-electron chi connectivity index (χ1n) is 5.16. The molecule has 3 N–H and O–H groups in total. The summed E-state index contributed by atoms with van der Waals surface area (Å²) in [6.45, 7) is 2.88. The average Bonchev–Trinajstić information content (AvgIpc) is 2.29. The highest BCUT2D eigenvalue weighted by molar-refractivity contribution is 5.75. The largest absolute Gasteiger partial charge is 0.378 e. The van der Waals surface area contributed by atoms with E-state index in [1.165, 1.54) is 0 Å². The van der Waals surface area contributed by atoms with Gasteiger partial charge in [0.25, 0.3) is 0 Å². The Labute approximate surface area is 93.9 Å². The normalized spacial score (nSPS) is 15.9. The summed E-state index contributed by atoms with van der Waals surface area (Å²) in [6, 6.07) is -0.133. The number of nitrogens with zero attached hydrogens (tertiary/aromatic N) is 1. The van der Waals surface area contributed by atoms with E-state index in [-0.39, 0.29) is 19.2 Å². The van der Waals surface area contributed by atoms with Gasteiger partial charge in [-0.2, -0.15) is 0 Å². The van der Waals surface area contributed by atoms with E-state index in [0.29, 0.717) is 32.8 Å². The lowest BCUT2D eigenvalue weighted by molar-refractivity contribution is -0.122. The van der Waals surface area contributed by atoms with Crippen LogP contribution in [-0.4, -0.2) is 62.9 Å². The lowest BCUT2D eigenvalue weighted by atomic mass is 10.4. The van der Waals surface area contributed by atoms with Gasteiger partial charge in [-0.1, -0.05) is 0 Å². The number of carbonyl (C=O) groups is 2. The molecule has 16 heavy (non-hydrogen) atoms. The lowest BCUT2D eigenvalue weighted by Crippen LogP contribution is -2.46. The molecule has 1 rings (SSSR count). The third-order valence-corrected chi connectivity index (χ3v) is 2.07. The molecule has 92 valence electrons. The van der Waals surface area contributed by atoms with Gasteiger partial charge in [-0.15, -0.1) is 0 Å². The van der Waals surface area contributed by atoms with Gasteiger partial charge in [0.15, 0.2) is 0 Å². The van der Waals surface area contributed by atoms with Crippen LogP contribution in [0.25, 0.3) is 0 Å². The maximum absolute atomic E-state index is 11.5. The maximum atomic E-state index is 11.5. The van der Waals surface area contributed by atoms with Crippen LogP contribution in [0.2, 0.25) is 0 Å². The highest BCUT2D eigenvalue weighted by atomic mass is 16.5. The fourth-order valence-corrected chi connectivity index (χ4v) is 1.28. The van der Waals surface area contributed by atoms with E-state index in [0.717, 1.165) is 0 Å². The molecule has 0 saturated carbocycles. The summed E-state index contributed by atoms with van der Waals surface area (Å²) >= 11 is 0. The lowest BCUT2D eigenvalue weighted by Gasteiger charge is -2.26. The number of nitrogens with two attached hydrogens (primary N) is 1. The van der Waals surface area contributed by atoms with Crippen LogP contribution in [0.1, 0.15) is 0 Å². The van der Waals surface area contributed by atoms with Crippen molar-refractivity contribution in [3.63, 3.8) is 0 Å². The molecule has 0 atom stereocenters. The Hall–Kier alpha value is -1.34. The minimum atomic E-state index is -0.514. The molecule has 1 aliphatic rings. The van der Waals surface area contributed by atoms with Crippen LogP contribution in [0.4, 0.5) is 4.79 Å². The van der Waals surface area contributed by atoms with Crippen molar-refractivity contribution in [2.24, 2.45) is 5.73 Å². The Kier molecular flexibility index (Phi) is 5.58. The van der Waals surface area contributed by atoms with Crippen LogP contribution in [0.15, 0.2) is 0 Å². The van der Waals surface area contributed by atoms with Crippen LogP contribution in [-0.2, 0) is 14.3 Å². The van der Waals surface area contributed by atoms with Crippen LogP contribution in [0.5, 0.6) is 0 Å². The summed E-state index contributed by atoms with van der Waals surface area (Å²) in [5, 5.41) is 2.68. The second-order valence-electron chi connectivity index (χ2n) is 3.35. The Morgan fingerprint density at radius 2 is 2.06 bits per heavy atom. The van der Waals surface area contributed by atoms with Crippen molar-refractivity contribution in [2.45, 2.75) is 0 Å². The molecule has 0 spiro atoms. The average molecular weight is 231 g/mol. The quantitative estimate of drug-likeness (QED) is 0.565. The van der Waals surface area contributed by atoms with Crippen molar-refractivity contribution in [2.75, 3.05) is 46.1 Å². The number of hydrogen-bond donors (Lipinski definition) is 2. The highest BCUT2D eigenvalue weighted by Gasteiger charge is 2.15. The molecule has 7 heteroatoms. The Morgan fingerprint density at radius 3 is 2.69 bits per heavy atom. The number of primary amides is 1. The van der Waals surface area contributed by atoms with Crippen molar-refractivity contribution in [1.29, 1.82) is 0 Å². The van der Waals surface area contributed by atoms with Gasteiger partial charge in [0.2, 0.25) is 5.91 Å². The molecule has 0 radical (unpaired) electrons. The number of nitrogens with one attached hydrogen (secondary N) is 1. The third-order valence-electron chi connectivity index (χ3n) is 2.07. The zero-order valence-corrected chi connectivity index (χ0v) is 9.11. The molecule has 1 saturated heterocycles. The molecule has 0 aromatic rings. The predicted molar refractivity (Wildman–Crippen MR) is 55.8 cm³/mol. The van der Waals surface area contributed by atoms with E-state index >= 15 is 0 Å². The second kappa shape index (κ2) is 7.02. The standard InChI is InChI=1S/C9H17N3O4/c10-8(13)7-16-4-1-11-9(14)12-2-5-15-6-3-12/h1-7H2,(H2,10,13)(H,11,14). The minimum Gasteiger partial charge on any atom is -0.378 e. The van der Waals surface area contributed by atoms with Gasteiger partial charge in [-0.25, -0.2) is 4.79 Å². The molecular formula is C9H17N3O4. The van der Waals surface area contributed by atoms with Gasteiger partial charge in [0, 0.05) is 19.6 Å². The number of urea groups is 1. The van der Waals surface area contributed by atoms with Gasteiger partial charge < -0.3 is 25.4 Å². The number of carbonyl (C=O) groups excluding carboxylic acids is 2. The molecular weight excluding hydrogens is 214 g/mol. The zero-order chi connectivity index (χ0) is 11.8. The minimum absolute atomic E-state index is 0.118. The SMILES string of the molecule is NC(=O)COCCNC(=O)N1CCOCC1. The van der Waals surface area contributed by atoms with E-state index in [1.54, 1.807) is 4.90 Å². The molecule has 0 unspecified atom stereocenters. The van der Waals surface area contributed by atoms with Crippen molar-refractivity contribution < 1.29 is 19.1 Å². The summed E-state index contributed by atoms with van der Waals surface area (Å²) in [4.78, 5) is 23.5. The van der Waals surface area contributed by atoms with Crippen LogP contribution in [0, 0.1) is 0 Å². The molecule has 0 aromatic carbocycles. The fraction of sp³-hybridized carbons (Fsp3) is 0.778. The number of ether oxygens (including phenoxy) is 2. The number of hydrogen-bond acceptors (Lipinski definition) is 4. The number of rotatable bonds is 5. The molecule has 0 bridgehead atoms. The van der Waals surface area contributed by atoms with Crippen molar-refractivity contribution in [1.82, 2.24) is 10.2 Å². The monoisotopic (exact) mass is 231 g/mol. The molecule has 0 aromatic heterocycles. The smallest absolute Gasteiger partial charge is 0.317 e. The number of amides is 3. The molecule has 1 aliphatic heterocycles. The first kappa shape index (κ1) is 12.7. The maximum Gasteiger partial charge on any atom is 0.317 e. The van der Waals surface area contributed by atoms with E-state index < -0.39 is 5.91 Å². The molecule has 3 amide bonds. The Bertz CT molecular complexity index is 241. The van der Waals surface area contributed by atoms with E-state index in [9.17, 15) is 9.59 Å². The summed E-state index contributed by atoms with van der Waals surface area (Å²) in [6.07, 6.45) is 0. The van der Waals surface area contributed by atoms with Crippen LogP contribution >= 0.6 is 0 Å². The van der Waals surface area contributed by atoms with Gasteiger partial charge in [-0.3, -0.25) is 4.79 Å². The fourth-order valence-electron chi connectivity index (χ4n) is 1.28. The van der Waals surface area contributed by atoms with Crippen LogP contribution in [0.3, 0.4) is 0 Å². The van der Waals surface area contributed by atoms with E-state index in [4.69, 9.17) is 15.2 Å². The summed E-state index contributed by atoms with van der Waals surface area (Å²) in [5.41, 5.74) is 4.88. The van der Waals surface area contributed by atoms with Gasteiger partial charge >= 0.3 is 6.03 Å². The van der Waals surface area contributed by atoms with Crippen molar-refractivity contribution in [3.8, 4) is 0 Å². The summed E-state index contributed by atoms with van der Waals surface area (Å²) in [7, 11) is 0. The van der Waals surface area contributed by atoms with Gasteiger partial charge in [-0.05, 0) is 0 Å². The molecule has 0 aliphatic carbocycles. The predicted octanol–water partition coefficient (Wildman–Crippen LogP) is -1.47. The van der Waals surface area contributed by atoms with Gasteiger partial charge in [0.05, 0.1) is 19.8 Å². The Morgan fingerprint density at radius 1 is 1.38 bits per heavy atom. The highest BCUT2D eigenvalue weighted by Crippen LogP contribution is 1.96. The zero-order valence-electron chi connectivity index (χ0n) is 9.11. The van der Waals surface area contributed by atoms with Gasteiger partial charge in [0.1, 0.15) is 6.61 Å².